The molecule has 1 aromatic carbocycles. The molecule has 1 amide bonds. The molecule has 0 radical (unpaired) electrons. The van der Waals surface area contributed by atoms with Gasteiger partial charge in [-0.3, -0.25) is 4.79 Å². The second kappa shape index (κ2) is 6.22. The van der Waals surface area contributed by atoms with Crippen LogP contribution in [0.5, 0.6) is 11.5 Å². The summed E-state index contributed by atoms with van der Waals surface area (Å²) in [7, 11) is 1.42. The van der Waals surface area contributed by atoms with Gasteiger partial charge in [-0.25, -0.2) is 10.1 Å². The number of nitrogens with one attached hydrogen (secondary N) is 1. The standard InChI is InChI=1S/C11H10BrN5O4/c1-20-8-2-5(6(12)3-7(8)18)4-14-15-11(19)9-10(13)17-21-16-9/h2-4,18H,1H3,(H2,13,17)(H,15,19)/b14-4-. The number of aromatic nitrogens is 2. The molecule has 1 heterocycles. The number of nitrogens with two attached hydrogens (primary N) is 1. The van der Waals surface area contributed by atoms with E-state index in [4.69, 9.17) is 10.5 Å². The van der Waals surface area contributed by atoms with Crippen molar-refractivity contribution >= 4 is 33.9 Å². The van der Waals surface area contributed by atoms with Gasteiger partial charge >= 0.3 is 0 Å². The van der Waals surface area contributed by atoms with E-state index in [1.165, 1.54) is 19.4 Å². The fraction of sp³-hybridized carbons (Fsp3) is 0.0909. The number of ether oxygens (including phenoxy) is 1. The maximum Gasteiger partial charge on any atom is 0.297 e. The average Bonchev–Trinajstić information content (AvgIpc) is 2.87. The molecule has 9 nitrogen and oxygen atoms in total. The van der Waals surface area contributed by atoms with Crippen LogP contribution in [0.1, 0.15) is 16.1 Å². The lowest BCUT2D eigenvalue weighted by Gasteiger charge is -2.06. The van der Waals surface area contributed by atoms with Crippen LogP contribution in [0.2, 0.25) is 0 Å². The average molecular weight is 356 g/mol. The van der Waals surface area contributed by atoms with Gasteiger partial charge < -0.3 is 15.6 Å². The largest absolute Gasteiger partial charge is 0.504 e. The fourth-order valence-corrected chi connectivity index (χ4v) is 1.82. The third-order valence-corrected chi connectivity index (χ3v) is 3.08. The predicted molar refractivity (Wildman–Crippen MR) is 76.1 cm³/mol. The molecule has 4 N–H and O–H groups in total. The van der Waals surface area contributed by atoms with E-state index >= 15 is 0 Å². The van der Waals surface area contributed by atoms with Crippen LogP contribution < -0.4 is 15.9 Å². The highest BCUT2D eigenvalue weighted by Gasteiger charge is 2.15. The van der Waals surface area contributed by atoms with Gasteiger partial charge in [0, 0.05) is 10.0 Å². The van der Waals surface area contributed by atoms with E-state index in [1.807, 2.05) is 0 Å². The molecule has 0 spiro atoms. The summed E-state index contributed by atoms with van der Waals surface area (Å²) in [6, 6.07) is 2.99. The van der Waals surface area contributed by atoms with Crippen LogP contribution in [0.4, 0.5) is 5.82 Å². The van der Waals surface area contributed by atoms with Crippen LogP contribution in [0.3, 0.4) is 0 Å². The zero-order valence-corrected chi connectivity index (χ0v) is 12.3. The van der Waals surface area contributed by atoms with E-state index in [9.17, 15) is 9.90 Å². The van der Waals surface area contributed by atoms with Gasteiger partial charge in [0.25, 0.3) is 5.91 Å². The molecule has 0 unspecified atom stereocenters. The summed E-state index contributed by atoms with van der Waals surface area (Å²) in [6.45, 7) is 0. The van der Waals surface area contributed by atoms with Gasteiger partial charge in [0.1, 0.15) is 0 Å². The van der Waals surface area contributed by atoms with Gasteiger partial charge in [-0.15, -0.1) is 0 Å². The molecule has 2 aromatic rings. The van der Waals surface area contributed by atoms with Crippen molar-refractivity contribution in [2.45, 2.75) is 0 Å². The molecule has 0 saturated heterocycles. The number of rotatable bonds is 4. The molecule has 10 heteroatoms. The summed E-state index contributed by atoms with van der Waals surface area (Å²) < 4.78 is 9.85. The number of amides is 1. The fourth-order valence-electron chi connectivity index (χ4n) is 1.39. The molecule has 1 aromatic heterocycles. The number of aromatic hydroxyl groups is 1. The molecular weight excluding hydrogens is 346 g/mol. The lowest BCUT2D eigenvalue weighted by Crippen LogP contribution is -2.19. The highest BCUT2D eigenvalue weighted by atomic mass is 79.9. The molecule has 0 aliphatic carbocycles. The zero-order valence-electron chi connectivity index (χ0n) is 10.7. The Hall–Kier alpha value is -2.62. The van der Waals surface area contributed by atoms with Crippen molar-refractivity contribution in [1.29, 1.82) is 0 Å². The van der Waals surface area contributed by atoms with Crippen LogP contribution in [0.15, 0.2) is 26.3 Å². The number of nitrogens with zero attached hydrogens (tertiary/aromatic N) is 3. The maximum absolute atomic E-state index is 11.6. The van der Waals surface area contributed by atoms with Gasteiger partial charge in [0.2, 0.25) is 11.5 Å². The second-order valence-electron chi connectivity index (χ2n) is 3.74. The van der Waals surface area contributed by atoms with Crippen LogP contribution in [0.25, 0.3) is 0 Å². The Morgan fingerprint density at radius 2 is 2.33 bits per heavy atom. The number of methoxy groups -OCH3 is 1. The molecule has 0 saturated carbocycles. The number of hydrogen-bond donors (Lipinski definition) is 3. The normalized spacial score (nSPS) is 10.8. The summed E-state index contributed by atoms with van der Waals surface area (Å²) >= 11 is 3.25. The summed E-state index contributed by atoms with van der Waals surface area (Å²) in [5.74, 6) is -0.537. The van der Waals surface area contributed by atoms with E-state index < -0.39 is 5.91 Å². The number of hydrazone groups is 1. The van der Waals surface area contributed by atoms with Crippen LogP contribution in [0, 0.1) is 0 Å². The van der Waals surface area contributed by atoms with Gasteiger partial charge in [-0.2, -0.15) is 5.10 Å². The third-order valence-electron chi connectivity index (χ3n) is 2.40. The van der Waals surface area contributed by atoms with Crippen molar-refractivity contribution in [3.05, 3.63) is 27.9 Å². The Morgan fingerprint density at radius 3 is 2.95 bits per heavy atom. The number of hydrogen-bond acceptors (Lipinski definition) is 8. The Morgan fingerprint density at radius 1 is 1.57 bits per heavy atom. The van der Waals surface area contributed by atoms with Gasteiger partial charge in [-0.05, 0) is 38.4 Å². The van der Waals surface area contributed by atoms with E-state index in [2.05, 4.69) is 41.4 Å². The van der Waals surface area contributed by atoms with Crippen molar-refractivity contribution in [3.8, 4) is 11.5 Å². The number of anilines is 1. The number of carbonyl (C=O) groups excluding carboxylic acids is 1. The van der Waals surface area contributed by atoms with E-state index in [-0.39, 0.29) is 23.0 Å². The summed E-state index contributed by atoms with van der Waals surface area (Å²) in [4.78, 5) is 11.6. The van der Waals surface area contributed by atoms with Crippen molar-refractivity contribution < 1.29 is 19.3 Å². The minimum Gasteiger partial charge on any atom is -0.504 e. The predicted octanol–water partition coefficient (Wildman–Crippen LogP) is 0.892. The summed E-state index contributed by atoms with van der Waals surface area (Å²) in [5.41, 5.74) is 8.01. The molecule has 0 aliphatic rings. The first kappa shape index (κ1) is 14.8. The first-order valence-electron chi connectivity index (χ1n) is 5.51. The number of benzene rings is 1. The van der Waals surface area contributed by atoms with Crippen molar-refractivity contribution in [3.63, 3.8) is 0 Å². The molecule has 0 fully saturated rings. The molecule has 110 valence electrons. The minimum atomic E-state index is -0.660. The molecule has 0 aliphatic heterocycles. The Kier molecular flexibility index (Phi) is 4.38. The van der Waals surface area contributed by atoms with Gasteiger partial charge in [0.15, 0.2) is 11.5 Å². The van der Waals surface area contributed by atoms with Gasteiger partial charge in [-0.1, -0.05) is 0 Å². The van der Waals surface area contributed by atoms with Crippen molar-refractivity contribution in [2.24, 2.45) is 5.10 Å². The highest BCUT2D eigenvalue weighted by molar-refractivity contribution is 9.10. The van der Waals surface area contributed by atoms with Gasteiger partial charge in [0.05, 0.1) is 13.3 Å². The topological polar surface area (TPSA) is 136 Å². The Labute approximate surface area is 126 Å². The van der Waals surface area contributed by atoms with Crippen LogP contribution in [-0.2, 0) is 0 Å². The maximum atomic E-state index is 11.6. The molecule has 0 atom stereocenters. The lowest BCUT2D eigenvalue weighted by atomic mass is 10.2. The first-order valence-corrected chi connectivity index (χ1v) is 6.30. The molecule has 0 bridgehead atoms. The number of carbonyl (C=O) groups is 1. The number of phenols is 1. The first-order chi connectivity index (χ1) is 10.0. The Balaban J connectivity index is 2.12. The molecule has 21 heavy (non-hydrogen) atoms. The number of halogens is 1. The molecule has 2 rings (SSSR count). The second-order valence-corrected chi connectivity index (χ2v) is 4.60. The SMILES string of the molecule is COc1cc(/C=N\NC(=O)c2nonc2N)c(Br)cc1O. The monoisotopic (exact) mass is 355 g/mol. The quantitative estimate of drug-likeness (QED) is 0.547. The highest BCUT2D eigenvalue weighted by Crippen LogP contribution is 2.31. The van der Waals surface area contributed by atoms with E-state index in [1.54, 1.807) is 6.07 Å². The number of phenolic OH excluding ortho intramolecular Hbond substituents is 1. The van der Waals surface area contributed by atoms with Crippen molar-refractivity contribution in [1.82, 2.24) is 15.7 Å². The van der Waals surface area contributed by atoms with E-state index in [0.717, 1.165) is 0 Å². The minimum absolute atomic E-state index is 0.0213. The van der Waals surface area contributed by atoms with E-state index in [0.29, 0.717) is 10.0 Å². The smallest absolute Gasteiger partial charge is 0.297 e. The van der Waals surface area contributed by atoms with Crippen LogP contribution in [-0.4, -0.2) is 34.7 Å². The lowest BCUT2D eigenvalue weighted by molar-refractivity contribution is 0.0946. The Bertz CT molecular complexity index is 700. The summed E-state index contributed by atoms with van der Waals surface area (Å²) in [5, 5.41) is 19.9. The molecular formula is C11H10BrN5O4. The van der Waals surface area contributed by atoms with Crippen molar-refractivity contribution in [2.75, 3.05) is 12.8 Å². The zero-order chi connectivity index (χ0) is 15.4. The third kappa shape index (κ3) is 3.28. The summed E-state index contributed by atoms with van der Waals surface area (Å²) in [6.07, 6.45) is 1.35. The van der Waals surface area contributed by atoms with Crippen LogP contribution >= 0.6 is 15.9 Å². The number of nitrogen functional groups attached to an aromatic ring is 1.